The SMILES string of the molecule is CC(C)(C)c1cc(Cl)cc(OCC2CC2)c1.CC(C)(C)c1cc(OCC2CC2)c(Cl)cc1Cl.CC(C)(C)c1cccc(OCC2CCCC2)c1.CC(C)(C)c1cccs1.Cc1cc(Cl)c(C(C)(C)C)cc1OCC1CC1.Cc1cc(F)c(C(C)(C)C)cc1OCC1CC1.[2H]C([2H])(Oc1cc(C(C)(C)C)ccc1Cl)C1CC1. The summed E-state index contributed by atoms with van der Waals surface area (Å²) in [5.74, 6) is 8.63. The molecule has 7 aromatic rings. The standard InChI is InChI=1S/C16H24O.C15H21ClO.C15H21FO.C14H18Cl2O.2C14H19ClO.C8H12S/c1-16(2,3)14-9-6-10-15(11-14)17-12-13-7-4-5-8-13;2*1-10-7-13(16)12(15(2,3)4)8-14(10)17-9-11-5-6-11;1-14(2,3)10-6-13(12(16)7-11(10)15)17-8-9-4-5-9;1-14(2,3)11-6-12(15)8-13(7-11)16-9-10-4-5-10;1-14(2,3)11-6-7-12(15)13(8-11)16-9-10-4-5-10;1-8(2,3)7-5-4-6-9-7/h6,9-11,13H,4-5,7-8,12H2,1-3H3;2*7-8,11H,5-6,9H2,1-4H3;6-7,9H,4-5,8H2,1-3H3;2*6-8,10H,4-5,9H2,1-3H3;4-6H,1-3H3/i;;;;;9D2;. The van der Waals surface area contributed by atoms with Gasteiger partial charge < -0.3 is 28.4 Å². The molecule has 6 aromatic carbocycles. The number of halogens is 6. The molecule has 0 N–H and O–H groups in total. The van der Waals surface area contributed by atoms with Crippen molar-refractivity contribution in [3.63, 3.8) is 0 Å². The third-order valence-electron chi connectivity index (χ3n) is 20.0. The van der Waals surface area contributed by atoms with Crippen LogP contribution in [0.1, 0.15) is 287 Å². The minimum Gasteiger partial charge on any atom is -0.493 e. The van der Waals surface area contributed by atoms with E-state index < -0.39 is 6.56 Å². The van der Waals surface area contributed by atoms with E-state index in [-0.39, 0.29) is 44.2 Å². The highest BCUT2D eigenvalue weighted by Gasteiger charge is 2.30. The maximum Gasteiger partial charge on any atom is 0.138 e. The first kappa shape index (κ1) is 88.2. The smallest absolute Gasteiger partial charge is 0.138 e. The molecule has 0 aliphatic heterocycles. The Morgan fingerprint density at radius 3 is 1.21 bits per heavy atom. The second-order valence-electron chi connectivity index (χ2n) is 38.5. The van der Waals surface area contributed by atoms with Crippen LogP contribution in [0.3, 0.4) is 0 Å². The summed E-state index contributed by atoms with van der Waals surface area (Å²) in [5.41, 5.74) is 9.18. The average molecular weight is 1610 g/mol. The molecule has 6 nitrogen and oxygen atoms in total. The number of rotatable bonds is 18. The van der Waals surface area contributed by atoms with E-state index in [9.17, 15) is 4.39 Å². The molecule has 13 heteroatoms. The molecular formula is C96H134Cl5FO6S. The van der Waals surface area contributed by atoms with Crippen LogP contribution in [0.25, 0.3) is 0 Å². The number of benzene rings is 6. The predicted octanol–water partition coefficient (Wildman–Crippen LogP) is 30.5. The Balaban J connectivity index is 0.000000181. The lowest BCUT2D eigenvalue weighted by atomic mass is 9.86. The molecule has 0 spiro atoms. The van der Waals surface area contributed by atoms with Crippen molar-refractivity contribution in [2.75, 3.05) is 39.6 Å². The molecule has 602 valence electrons. The molecule has 0 saturated heterocycles. The fraction of sp³-hybridized carbons (Fsp3) is 0.583. The van der Waals surface area contributed by atoms with Crippen molar-refractivity contribution in [1.29, 1.82) is 0 Å². The Morgan fingerprint density at radius 1 is 0.349 bits per heavy atom. The van der Waals surface area contributed by atoms with Crippen molar-refractivity contribution in [3.8, 4) is 34.5 Å². The zero-order valence-electron chi connectivity index (χ0n) is 72.5. The summed E-state index contributed by atoms with van der Waals surface area (Å²) >= 11 is 32.7. The van der Waals surface area contributed by atoms with Crippen LogP contribution >= 0.6 is 69.3 Å². The minimum atomic E-state index is -1.61. The lowest BCUT2D eigenvalue weighted by molar-refractivity contribution is 0.251. The summed E-state index contributed by atoms with van der Waals surface area (Å²) in [7, 11) is 0. The molecule has 109 heavy (non-hydrogen) atoms. The van der Waals surface area contributed by atoms with Crippen LogP contribution in [0.2, 0.25) is 25.1 Å². The summed E-state index contributed by atoms with van der Waals surface area (Å²) in [4.78, 5) is 1.46. The van der Waals surface area contributed by atoms with E-state index in [2.05, 4.69) is 185 Å². The normalized spacial score (nSPS) is 16.4. The summed E-state index contributed by atoms with van der Waals surface area (Å²) in [6.45, 7) is 51.7. The van der Waals surface area contributed by atoms with Crippen LogP contribution in [-0.2, 0) is 37.9 Å². The Bertz CT molecular complexity index is 3870. The zero-order valence-corrected chi connectivity index (χ0v) is 75.1. The average Bonchev–Trinajstić information content (AvgIpc) is 1.79. The van der Waals surface area contributed by atoms with Crippen molar-refractivity contribution in [3.05, 3.63) is 195 Å². The molecule has 0 amide bonds. The first-order valence-electron chi connectivity index (χ1n) is 41.1. The van der Waals surface area contributed by atoms with E-state index in [1.807, 2.05) is 81.5 Å². The van der Waals surface area contributed by atoms with Gasteiger partial charge in [-0.3, -0.25) is 0 Å². The van der Waals surface area contributed by atoms with E-state index >= 15 is 0 Å². The molecule has 6 aliphatic rings. The van der Waals surface area contributed by atoms with Gasteiger partial charge in [0.25, 0.3) is 0 Å². The lowest BCUT2D eigenvalue weighted by Crippen LogP contribution is -2.14. The van der Waals surface area contributed by atoms with E-state index in [0.717, 1.165) is 148 Å². The molecule has 0 radical (unpaired) electrons. The Hall–Kier alpha value is -4.80. The van der Waals surface area contributed by atoms with Crippen LogP contribution in [0.4, 0.5) is 4.39 Å². The molecule has 0 unspecified atom stereocenters. The van der Waals surface area contributed by atoms with Gasteiger partial charge in [0.2, 0.25) is 0 Å². The number of aryl methyl sites for hydroxylation is 2. The quantitative estimate of drug-likeness (QED) is 0.0853. The van der Waals surface area contributed by atoms with Crippen molar-refractivity contribution < 1.29 is 35.6 Å². The van der Waals surface area contributed by atoms with Gasteiger partial charge >= 0.3 is 0 Å². The highest BCUT2D eigenvalue weighted by atomic mass is 35.5. The van der Waals surface area contributed by atoms with Gasteiger partial charge in [0.15, 0.2) is 0 Å². The van der Waals surface area contributed by atoms with Gasteiger partial charge in [-0.1, -0.05) is 241 Å². The van der Waals surface area contributed by atoms with Crippen LogP contribution in [-0.4, -0.2) is 39.6 Å². The van der Waals surface area contributed by atoms with Crippen molar-refractivity contribution in [2.24, 2.45) is 35.5 Å². The van der Waals surface area contributed by atoms with Gasteiger partial charge in [-0.2, -0.15) is 0 Å². The van der Waals surface area contributed by atoms with Gasteiger partial charge in [0.1, 0.15) is 40.3 Å². The Kier molecular flexibility index (Phi) is 32.3. The molecular weight excluding hydrogens is 1480 g/mol. The van der Waals surface area contributed by atoms with Crippen molar-refractivity contribution in [1.82, 2.24) is 0 Å². The first-order chi connectivity index (χ1) is 51.4. The summed E-state index contributed by atoms with van der Waals surface area (Å²) < 4.78 is 64.3. The van der Waals surface area contributed by atoms with Gasteiger partial charge in [-0.05, 0) is 299 Å². The minimum absolute atomic E-state index is 0.000632. The van der Waals surface area contributed by atoms with Crippen LogP contribution in [0.15, 0.2) is 115 Å². The zero-order chi connectivity index (χ0) is 82.4. The highest BCUT2D eigenvalue weighted by Crippen LogP contribution is 2.43. The third kappa shape index (κ3) is 32.9. The second-order valence-corrected chi connectivity index (χ2v) is 41.5. The lowest BCUT2D eigenvalue weighted by Gasteiger charge is -2.22. The summed E-state index contributed by atoms with van der Waals surface area (Å²) in [5, 5.41) is 5.50. The number of hydrogen-bond donors (Lipinski definition) is 0. The Labute approximate surface area is 691 Å². The molecule has 13 rings (SSSR count). The number of thiophene rings is 1. The molecule has 6 fully saturated rings. The van der Waals surface area contributed by atoms with Crippen LogP contribution in [0, 0.1) is 55.2 Å². The summed E-state index contributed by atoms with van der Waals surface area (Å²) in [6, 6.07) is 35.8. The number of hydrogen-bond acceptors (Lipinski definition) is 7. The maximum atomic E-state index is 13.9. The van der Waals surface area contributed by atoms with Crippen LogP contribution < -0.4 is 28.4 Å². The summed E-state index contributed by atoms with van der Waals surface area (Å²) in [6.07, 6.45) is 17.6. The van der Waals surface area contributed by atoms with E-state index in [1.165, 1.54) is 93.1 Å². The van der Waals surface area contributed by atoms with Gasteiger partial charge in [0, 0.05) is 19.9 Å². The number of ether oxygens (including phenoxy) is 6. The van der Waals surface area contributed by atoms with Crippen molar-refractivity contribution >= 4 is 69.3 Å². The maximum absolute atomic E-state index is 13.9. The van der Waals surface area contributed by atoms with Gasteiger partial charge in [-0.15, -0.1) is 11.3 Å². The fourth-order valence-corrected chi connectivity index (χ4v) is 14.0. The largest absolute Gasteiger partial charge is 0.493 e. The first-order valence-corrected chi connectivity index (χ1v) is 42.9. The topological polar surface area (TPSA) is 55.4 Å². The monoisotopic (exact) mass is 1610 g/mol. The van der Waals surface area contributed by atoms with Gasteiger partial charge in [0.05, 0.1) is 52.4 Å². The van der Waals surface area contributed by atoms with Gasteiger partial charge in [-0.25, -0.2) is 4.39 Å². The molecule has 0 bridgehead atoms. The van der Waals surface area contributed by atoms with Crippen LogP contribution in [0.5, 0.6) is 34.5 Å². The fourth-order valence-electron chi connectivity index (χ4n) is 11.6. The third-order valence-corrected chi connectivity index (χ3v) is 22.8. The molecule has 1 aromatic heterocycles. The van der Waals surface area contributed by atoms with E-state index in [1.54, 1.807) is 18.2 Å². The predicted molar refractivity (Wildman–Crippen MR) is 467 cm³/mol. The molecule has 6 saturated carbocycles. The highest BCUT2D eigenvalue weighted by molar-refractivity contribution is 7.10. The Morgan fingerprint density at radius 2 is 0.761 bits per heavy atom. The van der Waals surface area contributed by atoms with Crippen molar-refractivity contribution in [2.45, 2.75) is 287 Å². The second kappa shape index (κ2) is 40.0. The molecule has 0 atom stereocenters. The van der Waals surface area contributed by atoms with E-state index in [0.29, 0.717) is 26.2 Å². The van der Waals surface area contributed by atoms with E-state index in [4.69, 9.17) is 89.2 Å². The molecule has 6 aliphatic carbocycles. The molecule has 1 heterocycles.